The second-order valence-corrected chi connectivity index (χ2v) is 10.7. The van der Waals surface area contributed by atoms with E-state index in [0.29, 0.717) is 0 Å². The van der Waals surface area contributed by atoms with Gasteiger partial charge in [-0.15, -0.1) is 0 Å². The molecule has 2 aliphatic heterocycles. The van der Waals surface area contributed by atoms with Crippen molar-refractivity contribution in [2.24, 2.45) is 0 Å². The van der Waals surface area contributed by atoms with Crippen LogP contribution in [0.4, 0.5) is 0 Å². The molecule has 0 bridgehead atoms. The van der Waals surface area contributed by atoms with Gasteiger partial charge in [-0.05, 0) is 0 Å². The summed E-state index contributed by atoms with van der Waals surface area (Å²) in [6.07, 6.45) is -9.01. The topological polar surface area (TPSA) is 180 Å². The zero-order chi connectivity index (χ0) is 21.3. The Morgan fingerprint density at radius 1 is 0.630 bits per heavy atom. The molecule has 2 rings (SSSR count). The zero-order valence-electron chi connectivity index (χ0n) is 13.5. The van der Waals surface area contributed by atoms with Gasteiger partial charge in [0.2, 0.25) is 0 Å². The molecule has 0 unspecified atom stereocenters. The van der Waals surface area contributed by atoms with E-state index in [1.54, 1.807) is 0 Å². The van der Waals surface area contributed by atoms with Crippen LogP contribution in [0.3, 0.4) is 0 Å². The molecule has 27 heavy (non-hydrogen) atoms. The van der Waals surface area contributed by atoms with Gasteiger partial charge >= 0.3 is 190 Å². The van der Waals surface area contributed by atoms with Crippen LogP contribution in [0.1, 0.15) is 0 Å². The molecule has 0 aromatic heterocycles. The van der Waals surface area contributed by atoms with Gasteiger partial charge in [0, 0.05) is 0 Å². The van der Waals surface area contributed by atoms with Crippen molar-refractivity contribution in [2.45, 2.75) is 58.8 Å². The zero-order valence-corrected chi connectivity index (χ0v) is 20.7. The van der Waals surface area contributed by atoms with Crippen molar-refractivity contribution in [3.05, 3.63) is 0 Å². The fourth-order valence-electron chi connectivity index (χ4n) is 2.13. The Kier molecular flexibility index (Phi) is 15.9. The van der Waals surface area contributed by atoms with E-state index in [4.69, 9.17) is 38.5 Å². The number of halogens is 2. The maximum absolute atomic E-state index is 9.22. The Bertz CT molecular complexity index is 364. The number of rotatable bonds is 2. The third-order valence-corrected chi connectivity index (χ3v) is 5.33. The Morgan fingerprint density at radius 3 is 1.11 bits per heavy atom. The maximum atomic E-state index is 9.22. The number of aliphatic hydroxyl groups excluding tert-OH is 8. The summed E-state index contributed by atoms with van der Waals surface area (Å²) in [6.45, 7) is -0.772. The predicted octanol–water partition coefficient (Wildman–Crippen LogP) is -4.71. The van der Waals surface area contributed by atoms with Crippen LogP contribution in [-0.2, 0) is 26.0 Å². The molecule has 15 heteroatoms. The molecule has 0 spiro atoms. The first-order valence-corrected chi connectivity index (χ1v) is 14.9. The van der Waals surface area contributed by atoms with Crippen molar-refractivity contribution < 1.29 is 66.8 Å². The van der Waals surface area contributed by atoms with Crippen LogP contribution in [-0.4, -0.2) is 145 Å². The molecular formula is C12H22Cl2O10PtSe2. The second-order valence-electron chi connectivity index (χ2n) is 5.44. The first kappa shape index (κ1) is 28.9. The van der Waals surface area contributed by atoms with Crippen molar-refractivity contribution >= 4 is 50.9 Å². The van der Waals surface area contributed by atoms with E-state index >= 15 is 0 Å². The van der Waals surface area contributed by atoms with Crippen LogP contribution < -0.4 is 0 Å². The summed E-state index contributed by atoms with van der Waals surface area (Å²) in [5.74, 6) is 0. The third-order valence-electron chi connectivity index (χ3n) is 3.70. The molecule has 10 nitrogen and oxygen atoms in total. The van der Waals surface area contributed by atoms with Crippen LogP contribution in [0.15, 0.2) is 0 Å². The van der Waals surface area contributed by atoms with E-state index in [2.05, 4.69) is 32.0 Å². The summed E-state index contributed by atoms with van der Waals surface area (Å²) < 4.78 is 9.93. The van der Waals surface area contributed by atoms with Gasteiger partial charge in [0.1, 0.15) is 0 Å². The van der Waals surface area contributed by atoms with Gasteiger partial charge in [-0.3, -0.25) is 0 Å². The normalized spacial score (nSPS) is 44.6. The molecular weight excluding hydrogens is 728 g/mol. The Hall–Kier alpha value is 1.91. The summed E-state index contributed by atoms with van der Waals surface area (Å²) in [5, 5.41) is 71.2. The molecule has 0 saturated carbocycles. The summed E-state index contributed by atoms with van der Waals surface area (Å²) in [7, 11) is 9.75. The molecule has 166 valence electrons. The number of aliphatic hydroxyl groups is 8. The Morgan fingerprint density at radius 2 is 0.889 bits per heavy atom. The first-order valence-electron chi connectivity index (χ1n) is 7.32. The Balaban J connectivity index is 0.000000438. The van der Waals surface area contributed by atoms with Gasteiger partial charge in [0.25, 0.3) is 0 Å². The van der Waals surface area contributed by atoms with Crippen molar-refractivity contribution in [1.82, 2.24) is 0 Å². The third kappa shape index (κ3) is 8.89. The van der Waals surface area contributed by atoms with Crippen LogP contribution >= 0.6 is 18.8 Å². The summed E-state index contributed by atoms with van der Waals surface area (Å²) in [4.78, 5) is 0. The number of hydrogen-bond acceptors (Lipinski definition) is 10. The molecule has 2 aliphatic rings. The average molecular weight is 750 g/mol. The summed E-state index contributed by atoms with van der Waals surface area (Å²) in [6, 6.07) is 0. The van der Waals surface area contributed by atoms with Crippen molar-refractivity contribution in [3.63, 3.8) is 0 Å². The minimum atomic E-state index is -1.28. The fourth-order valence-corrected chi connectivity index (χ4v) is 3.41. The number of ether oxygens (including phenoxy) is 2. The average Bonchev–Trinajstić information content (AvgIpc) is 2.65. The van der Waals surface area contributed by atoms with Crippen molar-refractivity contribution in [1.29, 1.82) is 0 Å². The molecule has 0 aliphatic carbocycles. The van der Waals surface area contributed by atoms with Gasteiger partial charge in [-0.2, -0.15) is 0 Å². The first-order chi connectivity index (χ1) is 12.6. The van der Waals surface area contributed by atoms with Crippen molar-refractivity contribution in [2.75, 3.05) is 13.2 Å². The van der Waals surface area contributed by atoms with Crippen LogP contribution in [0.5, 0.6) is 0 Å². The van der Waals surface area contributed by atoms with E-state index in [0.717, 1.165) is 0 Å². The molecule has 0 amide bonds. The van der Waals surface area contributed by atoms with E-state index in [-0.39, 0.29) is 13.2 Å². The molecule has 2 radical (unpaired) electrons. The van der Waals surface area contributed by atoms with E-state index in [1.165, 1.54) is 0 Å². The standard InChI is InChI=1S/2C6H11O5Se.2ClH.Pt/c2*7-1-2-3(8)4(9)5(10)6(12)11-2;;;/h2*2-10H,1H2;2*1H;/q;;;;+2/p-2/t2-,3-,4+,5-,6+;2-,3-,4+,5-,6-;;;/m11.../s1. The molecule has 2 heterocycles. The minimum absolute atomic E-state index is 0.386. The van der Waals surface area contributed by atoms with E-state index < -0.39 is 75.3 Å². The molecule has 0 aromatic carbocycles. The second kappa shape index (κ2) is 14.8. The van der Waals surface area contributed by atoms with Crippen LogP contribution in [0.2, 0.25) is 0 Å². The Labute approximate surface area is 188 Å². The molecule has 8 N–H and O–H groups in total. The van der Waals surface area contributed by atoms with Crippen LogP contribution in [0, 0.1) is 0 Å². The molecule has 0 aromatic rings. The van der Waals surface area contributed by atoms with E-state index in [9.17, 15) is 30.6 Å². The van der Waals surface area contributed by atoms with Gasteiger partial charge in [0.15, 0.2) is 0 Å². The van der Waals surface area contributed by atoms with Gasteiger partial charge in [-0.1, -0.05) is 0 Å². The SMILES string of the molecule is OC[C@H]1O[C@@H]([Se])[C@H](O)[C@@H](O)[C@@H]1O.OC[C@H]1O[C@H]([Se])[C@H](O)[C@@H](O)[C@@H]1O.[Cl][Pt][Cl]. The number of hydrogen-bond donors (Lipinski definition) is 8. The van der Waals surface area contributed by atoms with Crippen LogP contribution in [0.25, 0.3) is 0 Å². The molecule has 10 atom stereocenters. The summed E-state index contributed by atoms with van der Waals surface area (Å²) >= 11 is 4.51. The quantitative estimate of drug-likeness (QED) is 0.128. The van der Waals surface area contributed by atoms with E-state index in [1.807, 2.05) is 0 Å². The molecule has 2 saturated heterocycles. The fraction of sp³-hybridized carbons (Fsp3) is 1.00. The van der Waals surface area contributed by atoms with Gasteiger partial charge in [-0.25, -0.2) is 0 Å². The predicted molar refractivity (Wildman–Crippen MR) is 90.7 cm³/mol. The monoisotopic (exact) mass is 751 g/mol. The summed E-state index contributed by atoms with van der Waals surface area (Å²) in [5.41, 5.74) is 0. The van der Waals surface area contributed by atoms with Gasteiger partial charge < -0.3 is 0 Å². The van der Waals surface area contributed by atoms with Crippen molar-refractivity contribution in [3.8, 4) is 0 Å². The van der Waals surface area contributed by atoms with Gasteiger partial charge in [0.05, 0.1) is 0 Å². The molecule has 2 fully saturated rings.